The molecule has 0 aromatic carbocycles. The Morgan fingerprint density at radius 3 is 2.00 bits per heavy atom. The average molecular weight is 389 g/mol. The molecule has 0 rings (SSSR count). The third-order valence-electron chi connectivity index (χ3n) is 2.22. The molecule has 0 bridgehead atoms. The van der Waals surface area contributed by atoms with Crippen molar-refractivity contribution in [1.82, 2.24) is 5.32 Å². The number of nitrogens with one attached hydrogen (secondary N) is 1. The molecule has 0 fully saturated rings. The van der Waals surface area contributed by atoms with Crippen molar-refractivity contribution in [2.24, 2.45) is 5.73 Å². The minimum Gasteiger partial charge on any atom is -0.384 e. The summed E-state index contributed by atoms with van der Waals surface area (Å²) in [6.07, 6.45) is 0.866. The van der Waals surface area contributed by atoms with Crippen molar-refractivity contribution in [3.63, 3.8) is 0 Å². The summed E-state index contributed by atoms with van der Waals surface area (Å²) in [5.41, 5.74) is 5.39. The predicted octanol–water partition coefficient (Wildman–Crippen LogP) is 2.92. The van der Waals surface area contributed by atoms with Crippen LogP contribution in [0.25, 0.3) is 0 Å². The Labute approximate surface area is 147 Å². The highest BCUT2D eigenvalue weighted by Gasteiger charge is 2.39. The molecule has 0 aromatic rings. The van der Waals surface area contributed by atoms with E-state index < -0.39 is 8.80 Å². The van der Waals surface area contributed by atoms with Crippen molar-refractivity contribution in [3.8, 4) is 0 Å². The van der Waals surface area contributed by atoms with Gasteiger partial charge in [0, 0.05) is 32.4 Å². The molecule has 0 aliphatic rings. The van der Waals surface area contributed by atoms with Crippen molar-refractivity contribution in [2.45, 2.75) is 33.2 Å². The maximum Gasteiger partial charge on any atom is 0.500 e. The van der Waals surface area contributed by atoms with E-state index in [0.29, 0.717) is 28.5 Å². The van der Waals surface area contributed by atoms with Gasteiger partial charge in [-0.05, 0) is 48.8 Å². The minimum absolute atomic E-state index is 0.375. The predicted molar refractivity (Wildman–Crippen MR) is 103 cm³/mol. The first-order valence-electron chi connectivity index (χ1n) is 6.83. The lowest BCUT2D eigenvalue weighted by Crippen LogP contribution is -2.46. The van der Waals surface area contributed by atoms with Crippen LogP contribution in [0.15, 0.2) is 0 Å². The Morgan fingerprint density at radius 2 is 1.57 bits per heavy atom. The van der Waals surface area contributed by atoms with Gasteiger partial charge in [-0.2, -0.15) is 0 Å². The fourth-order valence-corrected chi connectivity index (χ4v) is 5.90. The Hall–Kier alpha value is 0.577. The van der Waals surface area contributed by atoms with E-state index in [1.54, 1.807) is 0 Å². The van der Waals surface area contributed by atoms with Gasteiger partial charge in [0.25, 0.3) is 0 Å². The van der Waals surface area contributed by atoms with Crippen molar-refractivity contribution >= 4 is 63.5 Å². The van der Waals surface area contributed by atoms with Crippen LogP contribution in [0.1, 0.15) is 27.2 Å². The van der Waals surface area contributed by atoms with Crippen molar-refractivity contribution in [3.05, 3.63) is 0 Å². The summed E-state index contributed by atoms with van der Waals surface area (Å²) >= 11 is 9.94. The molecule has 0 amide bonds. The van der Waals surface area contributed by atoms with Gasteiger partial charge in [-0.15, -0.1) is 0 Å². The van der Waals surface area contributed by atoms with Gasteiger partial charge in [0.2, 0.25) is 0 Å². The normalized spacial score (nSPS) is 11.4. The Kier molecular flexibility index (Phi) is 13.4. The summed E-state index contributed by atoms with van der Waals surface area (Å²) in [7, 11) is 0.106. The monoisotopic (exact) mass is 388 g/mol. The molecule has 21 heavy (non-hydrogen) atoms. The van der Waals surface area contributed by atoms with Gasteiger partial charge in [-0.25, -0.2) is 0 Å². The SMILES string of the molecule is CCO[Si](CCCNC(=S)SSC(N)=S)(OCC)OCC. The maximum absolute atomic E-state index is 5.79. The molecule has 124 valence electrons. The van der Waals surface area contributed by atoms with E-state index in [2.05, 4.69) is 5.32 Å². The minimum atomic E-state index is -2.54. The van der Waals surface area contributed by atoms with Crippen molar-refractivity contribution in [2.75, 3.05) is 26.4 Å². The van der Waals surface area contributed by atoms with Crippen LogP contribution in [-0.2, 0) is 13.3 Å². The fraction of sp³-hybridized carbons (Fsp3) is 0.818. The maximum atomic E-state index is 5.79. The lowest BCUT2D eigenvalue weighted by molar-refractivity contribution is 0.0709. The average Bonchev–Trinajstić information content (AvgIpc) is 2.42. The molecule has 0 aliphatic carbocycles. The smallest absolute Gasteiger partial charge is 0.384 e. The molecule has 0 atom stereocenters. The standard InChI is InChI=1S/C11H24N2O3S4Si/c1-4-14-21(15-5-2,16-6-3)9-7-8-13-11(18)20-19-10(12)17/h4-9H2,1-3H3,(H2,12,17)(H,13,18). The van der Waals surface area contributed by atoms with Crippen molar-refractivity contribution in [1.29, 1.82) is 0 Å². The van der Waals surface area contributed by atoms with Gasteiger partial charge in [0.1, 0.15) is 8.64 Å². The van der Waals surface area contributed by atoms with Crippen molar-refractivity contribution < 1.29 is 13.3 Å². The summed E-state index contributed by atoms with van der Waals surface area (Å²) in [4.78, 5) is 0. The lowest BCUT2D eigenvalue weighted by Gasteiger charge is -2.28. The van der Waals surface area contributed by atoms with Crippen LogP contribution in [0.2, 0.25) is 6.04 Å². The summed E-state index contributed by atoms with van der Waals surface area (Å²) < 4.78 is 18.4. The molecule has 0 saturated heterocycles. The van der Waals surface area contributed by atoms with Crippen LogP contribution in [0.4, 0.5) is 0 Å². The summed E-state index contributed by atoms with van der Waals surface area (Å²) in [5.74, 6) is 0. The molecule has 5 nitrogen and oxygen atoms in total. The fourth-order valence-electron chi connectivity index (χ4n) is 1.60. The second-order valence-corrected chi connectivity index (χ2v) is 10.1. The highest BCUT2D eigenvalue weighted by molar-refractivity contribution is 8.89. The van der Waals surface area contributed by atoms with Gasteiger partial charge in [-0.3, -0.25) is 0 Å². The summed E-state index contributed by atoms with van der Waals surface area (Å²) in [6, 6.07) is 0.769. The number of nitrogens with two attached hydrogens (primary N) is 1. The van der Waals surface area contributed by atoms with E-state index in [1.807, 2.05) is 20.8 Å². The zero-order chi connectivity index (χ0) is 16.1. The van der Waals surface area contributed by atoms with E-state index in [4.69, 9.17) is 43.4 Å². The first-order valence-corrected chi connectivity index (χ1v) is 11.7. The van der Waals surface area contributed by atoms with Crippen LogP contribution in [0.5, 0.6) is 0 Å². The molecule has 0 heterocycles. The number of hydrogen-bond acceptors (Lipinski definition) is 7. The van der Waals surface area contributed by atoms with Gasteiger partial charge in [0.05, 0.1) is 0 Å². The van der Waals surface area contributed by atoms with Gasteiger partial charge in [0.15, 0.2) is 0 Å². The molecule has 0 spiro atoms. The van der Waals surface area contributed by atoms with E-state index in [0.717, 1.165) is 19.0 Å². The van der Waals surface area contributed by atoms with E-state index in [9.17, 15) is 0 Å². The van der Waals surface area contributed by atoms with Crippen LogP contribution in [0.3, 0.4) is 0 Å². The molecule has 0 radical (unpaired) electrons. The number of hydrogen-bond donors (Lipinski definition) is 2. The Balaban J connectivity index is 4.11. The third kappa shape index (κ3) is 10.9. The molecule has 0 aliphatic heterocycles. The Bertz CT molecular complexity index is 307. The topological polar surface area (TPSA) is 65.7 Å². The molecule has 3 N–H and O–H groups in total. The second-order valence-electron chi connectivity index (χ2n) is 3.79. The van der Waals surface area contributed by atoms with Crippen LogP contribution < -0.4 is 11.1 Å². The Morgan fingerprint density at radius 1 is 1.05 bits per heavy atom. The first kappa shape index (κ1) is 21.6. The van der Waals surface area contributed by atoms with E-state index in [-0.39, 0.29) is 0 Å². The highest BCUT2D eigenvalue weighted by atomic mass is 33.1. The zero-order valence-electron chi connectivity index (χ0n) is 12.7. The number of rotatable bonds is 10. The van der Waals surface area contributed by atoms with Gasteiger partial charge >= 0.3 is 8.80 Å². The zero-order valence-corrected chi connectivity index (χ0v) is 16.9. The largest absolute Gasteiger partial charge is 0.500 e. The molecular formula is C11H24N2O3S4Si. The molecule has 0 saturated carbocycles. The first-order chi connectivity index (χ1) is 9.99. The van der Waals surface area contributed by atoms with E-state index >= 15 is 0 Å². The van der Waals surface area contributed by atoms with Gasteiger partial charge in [-0.1, -0.05) is 24.4 Å². The summed E-state index contributed by atoms with van der Waals surface area (Å²) in [5, 5.41) is 3.15. The lowest BCUT2D eigenvalue weighted by atomic mass is 10.5. The third-order valence-corrected chi connectivity index (χ3v) is 8.48. The quantitative estimate of drug-likeness (QED) is 0.254. The van der Waals surface area contributed by atoms with Gasteiger partial charge < -0.3 is 24.3 Å². The second kappa shape index (κ2) is 13.1. The van der Waals surface area contributed by atoms with Crippen LogP contribution in [-0.4, -0.2) is 43.8 Å². The highest BCUT2D eigenvalue weighted by Crippen LogP contribution is 2.22. The van der Waals surface area contributed by atoms with Crippen LogP contribution >= 0.6 is 46.0 Å². The van der Waals surface area contributed by atoms with E-state index in [1.165, 1.54) is 21.6 Å². The molecule has 0 aromatic heterocycles. The number of thiocarbonyl (C=S) groups is 2. The van der Waals surface area contributed by atoms with Crippen LogP contribution in [0, 0.1) is 0 Å². The summed E-state index contributed by atoms with van der Waals surface area (Å²) in [6.45, 7) is 8.39. The molecule has 0 unspecified atom stereocenters. The molecule has 10 heteroatoms. The molecular weight excluding hydrogens is 364 g/mol.